The smallest absolute Gasteiger partial charge is 0.252 e. The van der Waals surface area contributed by atoms with Crippen LogP contribution in [0.3, 0.4) is 0 Å². The molecule has 0 unspecified atom stereocenters. The van der Waals surface area contributed by atoms with E-state index >= 15 is 0 Å². The number of ether oxygens (including phenoxy) is 1. The molecule has 0 bridgehead atoms. The minimum Gasteiger partial charge on any atom is -0.362 e. The lowest BCUT2D eigenvalue weighted by atomic mass is 10.1. The van der Waals surface area contributed by atoms with Crippen LogP contribution in [-0.4, -0.2) is 22.7 Å². The number of hydrogen-bond donors (Lipinski definition) is 1. The lowest BCUT2D eigenvalue weighted by Crippen LogP contribution is -2.30. The van der Waals surface area contributed by atoms with Crippen LogP contribution < -0.4 is 5.32 Å². The molecular weight excluding hydrogens is 294 g/mol. The first-order chi connectivity index (χ1) is 10.1. The number of amides is 1. The lowest BCUT2D eigenvalue weighted by Gasteiger charge is -2.15. The molecule has 0 saturated heterocycles. The van der Waals surface area contributed by atoms with Crippen molar-refractivity contribution in [1.82, 2.24) is 15.5 Å². The van der Waals surface area contributed by atoms with Crippen LogP contribution in [0.25, 0.3) is 0 Å². The summed E-state index contributed by atoms with van der Waals surface area (Å²) in [6, 6.07) is 7.18. The lowest BCUT2D eigenvalue weighted by molar-refractivity contribution is -0.127. The summed E-state index contributed by atoms with van der Waals surface area (Å²) in [5, 5.41) is 7.06. The van der Waals surface area contributed by atoms with Gasteiger partial charge in [0.1, 0.15) is 13.2 Å². The number of halogens is 1. The molecule has 6 nitrogen and oxygen atoms in total. The molecule has 1 atom stereocenters. The van der Waals surface area contributed by atoms with Crippen LogP contribution >= 0.6 is 11.6 Å². The van der Waals surface area contributed by atoms with Gasteiger partial charge in [-0.3, -0.25) is 4.79 Å². The highest BCUT2D eigenvalue weighted by Crippen LogP contribution is 2.21. The van der Waals surface area contributed by atoms with Crippen LogP contribution in [0.1, 0.15) is 30.2 Å². The second kappa shape index (κ2) is 7.19. The topological polar surface area (TPSA) is 77.2 Å². The van der Waals surface area contributed by atoms with E-state index in [1.54, 1.807) is 13.0 Å². The average Bonchev–Trinajstić information content (AvgIpc) is 2.84. The number of aryl methyl sites for hydroxylation is 1. The first-order valence-corrected chi connectivity index (χ1v) is 6.85. The summed E-state index contributed by atoms with van der Waals surface area (Å²) in [5.74, 6) is 0.642. The first-order valence-electron chi connectivity index (χ1n) is 6.47. The molecule has 0 saturated carbocycles. The van der Waals surface area contributed by atoms with E-state index in [-0.39, 0.29) is 25.2 Å². The predicted octanol–water partition coefficient (Wildman–Crippen LogP) is 2.43. The fraction of sp³-hybridized carbons (Fsp3) is 0.357. The van der Waals surface area contributed by atoms with E-state index in [1.807, 2.05) is 25.1 Å². The van der Waals surface area contributed by atoms with Crippen molar-refractivity contribution in [1.29, 1.82) is 0 Å². The maximum atomic E-state index is 11.8. The van der Waals surface area contributed by atoms with Crippen LogP contribution in [0.4, 0.5) is 0 Å². The largest absolute Gasteiger partial charge is 0.362 e. The van der Waals surface area contributed by atoms with Crippen molar-refractivity contribution in [3.05, 3.63) is 46.6 Å². The van der Waals surface area contributed by atoms with Crippen LogP contribution in [-0.2, 0) is 16.1 Å². The number of nitrogens with zero attached hydrogens (tertiary/aromatic N) is 2. The quantitative estimate of drug-likeness (QED) is 0.886. The van der Waals surface area contributed by atoms with Gasteiger partial charge in [0, 0.05) is 5.02 Å². The molecule has 1 amide bonds. The Morgan fingerprint density at radius 1 is 1.48 bits per heavy atom. The Hall–Kier alpha value is -1.92. The van der Waals surface area contributed by atoms with E-state index in [9.17, 15) is 4.79 Å². The van der Waals surface area contributed by atoms with Crippen molar-refractivity contribution in [2.75, 3.05) is 6.61 Å². The summed E-state index contributed by atoms with van der Waals surface area (Å²) in [6.07, 6.45) is 0. The maximum Gasteiger partial charge on any atom is 0.252 e. The average molecular weight is 310 g/mol. The van der Waals surface area contributed by atoms with Gasteiger partial charge in [0.05, 0.1) is 6.04 Å². The van der Waals surface area contributed by atoms with Gasteiger partial charge in [0.25, 0.3) is 5.89 Å². The van der Waals surface area contributed by atoms with E-state index in [0.29, 0.717) is 16.7 Å². The Balaban J connectivity index is 1.78. The molecule has 7 heteroatoms. The minimum absolute atomic E-state index is 0.0871. The Labute approximate surface area is 127 Å². The second-order valence-electron chi connectivity index (χ2n) is 4.54. The van der Waals surface area contributed by atoms with Gasteiger partial charge in [0.2, 0.25) is 5.91 Å². The van der Waals surface area contributed by atoms with Gasteiger partial charge >= 0.3 is 0 Å². The molecular formula is C14H16ClN3O3. The van der Waals surface area contributed by atoms with Gasteiger partial charge in [0.15, 0.2) is 5.82 Å². The van der Waals surface area contributed by atoms with Gasteiger partial charge < -0.3 is 14.6 Å². The summed E-state index contributed by atoms with van der Waals surface area (Å²) < 4.78 is 10.1. The van der Waals surface area contributed by atoms with E-state index in [1.165, 1.54) is 0 Å². The third-order valence-electron chi connectivity index (χ3n) is 2.78. The van der Waals surface area contributed by atoms with Crippen molar-refractivity contribution >= 4 is 17.5 Å². The Kier molecular flexibility index (Phi) is 5.30. The van der Waals surface area contributed by atoms with E-state index < -0.39 is 0 Å². The highest BCUT2D eigenvalue weighted by Gasteiger charge is 2.12. The fourth-order valence-corrected chi connectivity index (χ4v) is 2.12. The molecule has 0 aliphatic carbocycles. The van der Waals surface area contributed by atoms with Crippen molar-refractivity contribution in [3.63, 3.8) is 0 Å². The number of hydrogen-bond acceptors (Lipinski definition) is 5. The van der Waals surface area contributed by atoms with E-state index in [0.717, 1.165) is 5.56 Å². The zero-order valence-electron chi connectivity index (χ0n) is 11.8. The van der Waals surface area contributed by atoms with Gasteiger partial charge in [-0.25, -0.2) is 0 Å². The highest BCUT2D eigenvalue weighted by atomic mass is 35.5. The number of benzene rings is 1. The van der Waals surface area contributed by atoms with E-state index in [4.69, 9.17) is 20.9 Å². The molecule has 1 heterocycles. The molecule has 112 valence electrons. The third kappa shape index (κ3) is 4.54. The Morgan fingerprint density at radius 2 is 2.24 bits per heavy atom. The molecule has 2 aromatic rings. The predicted molar refractivity (Wildman–Crippen MR) is 76.7 cm³/mol. The Morgan fingerprint density at radius 3 is 2.90 bits per heavy atom. The number of carbonyl (C=O) groups is 1. The van der Waals surface area contributed by atoms with Gasteiger partial charge in [-0.05, 0) is 25.5 Å². The van der Waals surface area contributed by atoms with Crippen molar-refractivity contribution in [2.24, 2.45) is 0 Å². The molecule has 1 N–H and O–H groups in total. The third-order valence-corrected chi connectivity index (χ3v) is 3.12. The van der Waals surface area contributed by atoms with Crippen molar-refractivity contribution < 1.29 is 14.1 Å². The van der Waals surface area contributed by atoms with Crippen LogP contribution in [0.2, 0.25) is 5.02 Å². The number of nitrogens with one attached hydrogen (secondary N) is 1. The van der Waals surface area contributed by atoms with Crippen LogP contribution in [0, 0.1) is 6.92 Å². The van der Waals surface area contributed by atoms with Gasteiger partial charge in [-0.15, -0.1) is 0 Å². The summed E-state index contributed by atoms with van der Waals surface area (Å²) in [4.78, 5) is 15.8. The van der Waals surface area contributed by atoms with Crippen molar-refractivity contribution in [2.45, 2.75) is 26.5 Å². The van der Waals surface area contributed by atoms with Crippen LogP contribution in [0.5, 0.6) is 0 Å². The first kappa shape index (κ1) is 15.5. The molecule has 21 heavy (non-hydrogen) atoms. The second-order valence-corrected chi connectivity index (χ2v) is 4.95. The summed E-state index contributed by atoms with van der Waals surface area (Å²) >= 11 is 6.08. The molecule has 1 aromatic carbocycles. The van der Waals surface area contributed by atoms with Crippen molar-refractivity contribution in [3.8, 4) is 0 Å². The monoisotopic (exact) mass is 309 g/mol. The zero-order valence-corrected chi connectivity index (χ0v) is 12.6. The zero-order chi connectivity index (χ0) is 15.2. The number of rotatable bonds is 6. The standard InChI is InChI=1S/C14H16ClN3O3/c1-9(11-5-3-4-6-12(11)15)16-13(19)7-20-8-14-17-10(2)18-21-14/h3-6,9H,7-8H2,1-2H3,(H,16,19)/t9-/m1/s1. The molecule has 0 spiro atoms. The molecule has 0 aliphatic rings. The minimum atomic E-state index is -0.237. The van der Waals surface area contributed by atoms with Gasteiger partial charge in [-0.1, -0.05) is 35.0 Å². The van der Waals surface area contributed by atoms with E-state index in [2.05, 4.69) is 15.5 Å². The SMILES string of the molecule is Cc1noc(COCC(=O)N[C@H](C)c2ccccc2Cl)n1. The molecule has 1 aromatic heterocycles. The molecule has 0 aliphatic heterocycles. The Bertz CT molecular complexity index is 615. The summed E-state index contributed by atoms with van der Waals surface area (Å²) in [7, 11) is 0. The molecule has 0 radical (unpaired) electrons. The van der Waals surface area contributed by atoms with Gasteiger partial charge in [-0.2, -0.15) is 4.98 Å². The summed E-state index contributed by atoms with van der Waals surface area (Å²) in [5.41, 5.74) is 0.861. The maximum absolute atomic E-state index is 11.8. The molecule has 2 rings (SSSR count). The number of aromatic nitrogens is 2. The highest BCUT2D eigenvalue weighted by molar-refractivity contribution is 6.31. The van der Waals surface area contributed by atoms with Crippen LogP contribution in [0.15, 0.2) is 28.8 Å². The summed E-state index contributed by atoms with van der Waals surface area (Å²) in [6.45, 7) is 3.59. The number of carbonyl (C=O) groups excluding carboxylic acids is 1. The fourth-order valence-electron chi connectivity index (χ4n) is 1.82. The molecule has 0 fully saturated rings. The normalized spacial score (nSPS) is 12.1.